The van der Waals surface area contributed by atoms with Crippen LogP contribution in [0.4, 0.5) is 8.78 Å². The fourth-order valence-electron chi connectivity index (χ4n) is 5.32. The number of carbonyl (C=O) groups is 3. The molecule has 1 aliphatic heterocycles. The van der Waals surface area contributed by atoms with Crippen molar-refractivity contribution in [2.75, 3.05) is 13.2 Å². The summed E-state index contributed by atoms with van der Waals surface area (Å²) in [5.41, 5.74) is 1.58. The third-order valence-corrected chi connectivity index (χ3v) is 7.27. The SMILES string of the molecule is Cc1nc2cc(C(=O)NCC(=O)c3cccc(F)c3)nn2c(-c2cc(F)c3c(c2C)CCCO3)c1C(OC(C)(C)C)C(=O)O. The number of carboxylic acids is 1. The molecule has 5 rings (SSSR count). The van der Waals surface area contributed by atoms with E-state index in [1.54, 1.807) is 34.6 Å². The number of hydrogen-bond acceptors (Lipinski definition) is 7. The lowest BCUT2D eigenvalue weighted by atomic mass is 9.91. The van der Waals surface area contributed by atoms with Crippen LogP contribution in [-0.4, -0.2) is 56.1 Å². The molecule has 2 aromatic heterocycles. The number of nitrogens with zero attached hydrogens (tertiary/aromatic N) is 3. The zero-order chi connectivity index (χ0) is 31.9. The van der Waals surface area contributed by atoms with Crippen molar-refractivity contribution >= 4 is 23.3 Å². The van der Waals surface area contributed by atoms with E-state index < -0.39 is 47.5 Å². The minimum Gasteiger partial charge on any atom is -0.490 e. The molecule has 0 saturated heterocycles. The number of carboxylic acid groups (broad SMARTS) is 1. The van der Waals surface area contributed by atoms with Crippen LogP contribution in [0.1, 0.15) is 76.5 Å². The highest BCUT2D eigenvalue weighted by atomic mass is 19.1. The number of fused-ring (bicyclic) bond motifs is 2. The van der Waals surface area contributed by atoms with Gasteiger partial charge in [-0.15, -0.1) is 0 Å². The number of carbonyl (C=O) groups excluding carboxylic acids is 2. The molecule has 0 saturated carbocycles. The Kier molecular flexibility index (Phi) is 8.21. The van der Waals surface area contributed by atoms with Gasteiger partial charge in [0.1, 0.15) is 5.82 Å². The number of amides is 1. The molecule has 0 fully saturated rings. The molecule has 0 radical (unpaired) electrons. The Labute approximate surface area is 252 Å². The van der Waals surface area contributed by atoms with Gasteiger partial charge in [0.05, 0.1) is 24.4 Å². The first-order valence-corrected chi connectivity index (χ1v) is 14.1. The average Bonchev–Trinajstić information content (AvgIpc) is 3.39. The van der Waals surface area contributed by atoms with Crippen molar-refractivity contribution in [3.63, 3.8) is 0 Å². The highest BCUT2D eigenvalue weighted by Crippen LogP contribution is 2.41. The van der Waals surface area contributed by atoms with Crippen molar-refractivity contribution in [3.05, 3.63) is 81.7 Å². The Morgan fingerprint density at radius 1 is 1.16 bits per heavy atom. The van der Waals surface area contributed by atoms with Crippen LogP contribution in [0.3, 0.4) is 0 Å². The molecule has 230 valence electrons. The van der Waals surface area contributed by atoms with Crippen LogP contribution in [0, 0.1) is 25.5 Å². The normalized spacial score (nSPS) is 13.7. The molecule has 0 spiro atoms. The maximum atomic E-state index is 15.5. The second-order valence-corrected chi connectivity index (χ2v) is 11.6. The van der Waals surface area contributed by atoms with Crippen LogP contribution in [0.2, 0.25) is 0 Å². The van der Waals surface area contributed by atoms with Crippen molar-refractivity contribution in [2.45, 2.75) is 59.2 Å². The Bertz CT molecular complexity index is 1810. The third kappa shape index (κ3) is 6.02. The van der Waals surface area contributed by atoms with Gasteiger partial charge < -0.3 is 19.9 Å². The zero-order valence-electron chi connectivity index (χ0n) is 25.0. The van der Waals surface area contributed by atoms with Gasteiger partial charge in [0.2, 0.25) is 0 Å². The molecule has 44 heavy (non-hydrogen) atoms. The van der Waals surface area contributed by atoms with Crippen LogP contribution in [0.15, 0.2) is 36.4 Å². The maximum absolute atomic E-state index is 15.5. The van der Waals surface area contributed by atoms with Gasteiger partial charge in [0.15, 0.2) is 34.8 Å². The summed E-state index contributed by atoms with van der Waals surface area (Å²) in [6, 6.07) is 7.76. The topological polar surface area (TPSA) is 132 Å². The van der Waals surface area contributed by atoms with Gasteiger partial charge >= 0.3 is 5.97 Å². The molecule has 1 aliphatic rings. The molecule has 0 aliphatic carbocycles. The number of nitrogens with one attached hydrogen (secondary N) is 1. The van der Waals surface area contributed by atoms with Gasteiger partial charge in [-0.1, -0.05) is 12.1 Å². The fraction of sp³-hybridized carbons (Fsp3) is 0.344. The lowest BCUT2D eigenvalue weighted by Gasteiger charge is -2.28. The van der Waals surface area contributed by atoms with Crippen LogP contribution in [0.25, 0.3) is 16.9 Å². The van der Waals surface area contributed by atoms with Gasteiger partial charge in [-0.25, -0.2) is 23.1 Å². The van der Waals surface area contributed by atoms with E-state index in [0.29, 0.717) is 36.1 Å². The summed E-state index contributed by atoms with van der Waals surface area (Å²) in [7, 11) is 0. The maximum Gasteiger partial charge on any atom is 0.337 e. The molecule has 2 N–H and O–H groups in total. The number of aromatic nitrogens is 3. The first-order valence-electron chi connectivity index (χ1n) is 14.1. The van der Waals surface area contributed by atoms with E-state index in [1.807, 2.05) is 0 Å². The van der Waals surface area contributed by atoms with E-state index in [4.69, 9.17) is 9.47 Å². The number of aliphatic carboxylic acids is 1. The van der Waals surface area contributed by atoms with Crippen molar-refractivity contribution < 1.29 is 37.7 Å². The molecule has 4 aromatic rings. The number of rotatable bonds is 8. The summed E-state index contributed by atoms with van der Waals surface area (Å²) in [6.45, 7) is 8.51. The second kappa shape index (κ2) is 11.8. The summed E-state index contributed by atoms with van der Waals surface area (Å²) in [5, 5.41) is 17.2. The van der Waals surface area contributed by atoms with E-state index in [1.165, 1.54) is 34.8 Å². The molecular weight excluding hydrogens is 574 g/mol. The Morgan fingerprint density at radius 3 is 2.59 bits per heavy atom. The quantitative estimate of drug-likeness (QED) is 0.263. The first-order chi connectivity index (χ1) is 20.7. The number of aryl methyl sites for hydroxylation is 1. The molecule has 0 bridgehead atoms. The van der Waals surface area contributed by atoms with Gasteiger partial charge in [-0.05, 0) is 71.2 Å². The molecule has 1 unspecified atom stereocenters. The highest BCUT2D eigenvalue weighted by Gasteiger charge is 2.35. The van der Waals surface area contributed by atoms with Gasteiger partial charge in [-0.2, -0.15) is 5.10 Å². The van der Waals surface area contributed by atoms with Crippen LogP contribution < -0.4 is 10.1 Å². The van der Waals surface area contributed by atoms with Crippen molar-refractivity contribution in [1.29, 1.82) is 0 Å². The molecular formula is C32H32F2N4O6. The minimum absolute atomic E-state index is 0.0944. The first kappa shape index (κ1) is 30.7. The van der Waals surface area contributed by atoms with Gasteiger partial charge in [0, 0.05) is 34.0 Å². The molecule has 3 heterocycles. The highest BCUT2D eigenvalue weighted by molar-refractivity contribution is 6.02. The van der Waals surface area contributed by atoms with E-state index >= 15 is 4.39 Å². The minimum atomic E-state index is -1.51. The lowest BCUT2D eigenvalue weighted by molar-refractivity contribution is -0.160. The van der Waals surface area contributed by atoms with Crippen molar-refractivity contribution in [1.82, 2.24) is 19.9 Å². The number of ether oxygens (including phenoxy) is 2. The monoisotopic (exact) mass is 606 g/mol. The summed E-state index contributed by atoms with van der Waals surface area (Å²) in [4.78, 5) is 42.9. The van der Waals surface area contributed by atoms with E-state index in [2.05, 4.69) is 15.4 Å². The Hall–Kier alpha value is -4.71. The molecule has 1 atom stereocenters. The fourth-order valence-corrected chi connectivity index (χ4v) is 5.32. The van der Waals surface area contributed by atoms with E-state index in [-0.39, 0.29) is 39.6 Å². The third-order valence-electron chi connectivity index (χ3n) is 7.27. The molecule has 2 aromatic carbocycles. The Balaban J connectivity index is 1.66. The largest absolute Gasteiger partial charge is 0.490 e. The summed E-state index contributed by atoms with van der Waals surface area (Å²) in [5.74, 6) is -3.55. The summed E-state index contributed by atoms with van der Waals surface area (Å²) >= 11 is 0. The summed E-state index contributed by atoms with van der Waals surface area (Å²) < 4.78 is 42.0. The zero-order valence-corrected chi connectivity index (χ0v) is 25.0. The summed E-state index contributed by atoms with van der Waals surface area (Å²) in [6.07, 6.45) is -0.275. The van der Waals surface area contributed by atoms with Crippen LogP contribution >= 0.6 is 0 Å². The van der Waals surface area contributed by atoms with E-state index in [9.17, 15) is 23.9 Å². The van der Waals surface area contributed by atoms with Crippen molar-refractivity contribution in [3.8, 4) is 17.0 Å². The number of halogens is 2. The number of Topliss-reactive ketones (excluding diaryl/α,β-unsaturated/α-hetero) is 1. The average molecular weight is 607 g/mol. The lowest BCUT2D eigenvalue weighted by Crippen LogP contribution is -2.30. The predicted octanol–water partition coefficient (Wildman–Crippen LogP) is 5.17. The van der Waals surface area contributed by atoms with Gasteiger partial charge in [-0.3, -0.25) is 9.59 Å². The number of hydrogen-bond donors (Lipinski definition) is 2. The predicted molar refractivity (Wildman–Crippen MR) is 156 cm³/mol. The number of ketones is 1. The Morgan fingerprint density at radius 2 is 1.91 bits per heavy atom. The molecule has 1 amide bonds. The molecule has 10 nitrogen and oxygen atoms in total. The second-order valence-electron chi connectivity index (χ2n) is 11.6. The van der Waals surface area contributed by atoms with Gasteiger partial charge in [0.25, 0.3) is 5.91 Å². The standard InChI is InChI=1S/C32H32F2N4O6/c1-16-20-10-7-11-43-28(20)22(34)13-21(16)27-26(29(31(41)42)44-32(3,4)5)17(2)36-25-14-23(37-38(25)27)30(40)35-15-24(39)18-8-6-9-19(33)12-18/h6,8-9,12-14,29H,7,10-11,15H2,1-5H3,(H,35,40)(H,41,42). The van der Waals surface area contributed by atoms with Crippen molar-refractivity contribution in [2.24, 2.45) is 0 Å². The number of benzene rings is 2. The smallest absolute Gasteiger partial charge is 0.337 e. The van der Waals surface area contributed by atoms with Crippen LogP contribution in [-0.2, 0) is 16.0 Å². The van der Waals surface area contributed by atoms with Crippen LogP contribution in [0.5, 0.6) is 5.75 Å². The molecule has 12 heteroatoms. The van der Waals surface area contributed by atoms with E-state index in [0.717, 1.165) is 6.07 Å².